The summed E-state index contributed by atoms with van der Waals surface area (Å²) in [6, 6.07) is 26.2. The van der Waals surface area contributed by atoms with Crippen LogP contribution in [-0.4, -0.2) is 74.5 Å². The van der Waals surface area contributed by atoms with Gasteiger partial charge in [0.15, 0.2) is 0 Å². The fraction of sp³-hybridized carbons (Fsp3) is 0.419. The molecule has 0 unspecified atom stereocenters. The minimum Gasteiger partial charge on any atom is -0.369 e. The van der Waals surface area contributed by atoms with Crippen LogP contribution in [0.3, 0.4) is 0 Å². The first-order valence-electron chi connectivity index (χ1n) is 13.5. The van der Waals surface area contributed by atoms with Gasteiger partial charge in [-0.05, 0) is 53.1 Å². The molecule has 9 heteroatoms. The lowest BCUT2D eigenvalue weighted by molar-refractivity contribution is 0.868. The van der Waals surface area contributed by atoms with Crippen LogP contribution in [0.5, 0.6) is 0 Å². The van der Waals surface area contributed by atoms with Crippen molar-refractivity contribution >= 4 is 86.7 Å². The van der Waals surface area contributed by atoms with Gasteiger partial charge in [-0.2, -0.15) is 0 Å². The van der Waals surface area contributed by atoms with Crippen molar-refractivity contribution in [2.24, 2.45) is 0 Å². The Labute approximate surface area is 269 Å². The van der Waals surface area contributed by atoms with E-state index in [4.69, 9.17) is 69.6 Å². The highest BCUT2D eigenvalue weighted by atomic mass is 35.5. The monoisotopic (exact) mass is 661 g/mol. The van der Waals surface area contributed by atoms with Crippen LogP contribution in [0.4, 0.5) is 17.1 Å². The van der Waals surface area contributed by atoms with E-state index in [-0.39, 0.29) is 5.92 Å². The van der Waals surface area contributed by atoms with Crippen LogP contribution < -0.4 is 14.7 Å². The summed E-state index contributed by atoms with van der Waals surface area (Å²) in [5.41, 5.74) is 6.97. The molecule has 0 N–H and O–H groups in total. The van der Waals surface area contributed by atoms with Gasteiger partial charge in [-0.1, -0.05) is 36.4 Å². The summed E-state index contributed by atoms with van der Waals surface area (Å²) in [5, 5.41) is 0. The Kier molecular flexibility index (Phi) is 15.3. The van der Waals surface area contributed by atoms with Crippen molar-refractivity contribution in [1.29, 1.82) is 0 Å². The topological polar surface area (TPSA) is 9.72 Å². The Bertz CT molecular complexity index is 936. The lowest BCUT2D eigenvalue weighted by Gasteiger charge is -2.26. The molecule has 3 nitrogen and oxygen atoms in total. The molecule has 0 aliphatic heterocycles. The van der Waals surface area contributed by atoms with Crippen LogP contribution in [0.1, 0.15) is 22.6 Å². The molecule has 0 saturated carbocycles. The molecule has 0 saturated heterocycles. The van der Waals surface area contributed by atoms with Gasteiger partial charge in [-0.15, -0.1) is 69.6 Å². The second-order valence-electron chi connectivity index (χ2n) is 9.30. The molecule has 0 amide bonds. The van der Waals surface area contributed by atoms with E-state index < -0.39 is 0 Å². The maximum Gasteiger partial charge on any atom is 0.0399 e. The van der Waals surface area contributed by atoms with Crippen molar-refractivity contribution in [2.75, 3.05) is 89.2 Å². The summed E-state index contributed by atoms with van der Waals surface area (Å²) < 4.78 is 0. The van der Waals surface area contributed by atoms with E-state index in [0.29, 0.717) is 35.3 Å². The molecule has 0 aromatic heterocycles. The van der Waals surface area contributed by atoms with Crippen molar-refractivity contribution in [3.05, 3.63) is 89.5 Å². The van der Waals surface area contributed by atoms with Crippen molar-refractivity contribution in [1.82, 2.24) is 0 Å². The molecule has 0 bridgehead atoms. The Morgan fingerprint density at radius 3 is 0.725 bits per heavy atom. The predicted molar refractivity (Wildman–Crippen MR) is 181 cm³/mol. The first kappa shape index (κ1) is 33.3. The minimum absolute atomic E-state index is 0.0515. The molecule has 0 heterocycles. The third kappa shape index (κ3) is 9.41. The van der Waals surface area contributed by atoms with E-state index in [2.05, 4.69) is 87.5 Å². The summed E-state index contributed by atoms with van der Waals surface area (Å²) in [6.45, 7) is 4.51. The molecule has 0 spiro atoms. The van der Waals surface area contributed by atoms with Crippen molar-refractivity contribution in [3.8, 4) is 0 Å². The molecular formula is C31H37Cl6N3. The van der Waals surface area contributed by atoms with Gasteiger partial charge in [0.05, 0.1) is 0 Å². The van der Waals surface area contributed by atoms with Gasteiger partial charge in [0, 0.05) is 97.5 Å². The standard InChI is InChI=1S/C31H37Cl6N3/c32-13-19-38(20-14-33)28-7-1-25(2-8-28)31(26-3-9-29(10-4-26)39(21-15-34)22-16-35)27-5-11-30(12-6-27)40(23-17-36)24-18-37/h1-12,31H,13-24H2. The summed E-state index contributed by atoms with van der Waals surface area (Å²) in [7, 11) is 0. The van der Waals surface area contributed by atoms with Crippen LogP contribution >= 0.6 is 69.6 Å². The number of halogens is 6. The van der Waals surface area contributed by atoms with E-state index in [9.17, 15) is 0 Å². The fourth-order valence-electron chi connectivity index (χ4n) is 4.93. The maximum atomic E-state index is 6.05. The molecule has 0 aliphatic rings. The zero-order valence-electron chi connectivity index (χ0n) is 22.6. The van der Waals surface area contributed by atoms with Crippen LogP contribution in [0.15, 0.2) is 72.8 Å². The molecule has 0 aliphatic carbocycles. The van der Waals surface area contributed by atoms with Gasteiger partial charge >= 0.3 is 0 Å². The number of alkyl halides is 6. The lowest BCUT2D eigenvalue weighted by atomic mass is 9.85. The third-order valence-electron chi connectivity index (χ3n) is 6.90. The predicted octanol–water partition coefficient (Wildman–Crippen LogP) is 8.72. The third-order valence-corrected chi connectivity index (χ3v) is 7.92. The number of nitrogens with zero attached hydrogens (tertiary/aromatic N) is 3. The van der Waals surface area contributed by atoms with Crippen molar-refractivity contribution in [2.45, 2.75) is 5.92 Å². The largest absolute Gasteiger partial charge is 0.369 e. The molecule has 0 atom stereocenters. The molecule has 3 aromatic rings. The summed E-state index contributed by atoms with van der Waals surface area (Å²) >= 11 is 36.3. The SMILES string of the molecule is ClCCN(CCCl)c1ccc(C(c2ccc(N(CCCl)CCCl)cc2)c2ccc(N(CCCl)CCCl)cc2)cc1. The van der Waals surface area contributed by atoms with E-state index in [0.717, 1.165) is 56.3 Å². The van der Waals surface area contributed by atoms with Gasteiger partial charge in [0.2, 0.25) is 0 Å². The fourth-order valence-corrected chi connectivity index (χ4v) is 6.16. The van der Waals surface area contributed by atoms with Crippen LogP contribution in [0.25, 0.3) is 0 Å². The molecule has 3 rings (SSSR count). The lowest BCUT2D eigenvalue weighted by Crippen LogP contribution is -2.27. The minimum atomic E-state index is 0.0515. The smallest absolute Gasteiger partial charge is 0.0399 e. The zero-order valence-corrected chi connectivity index (χ0v) is 27.1. The number of benzene rings is 3. The van der Waals surface area contributed by atoms with Gasteiger partial charge in [-0.3, -0.25) is 0 Å². The van der Waals surface area contributed by atoms with Crippen molar-refractivity contribution < 1.29 is 0 Å². The van der Waals surface area contributed by atoms with Crippen LogP contribution in [0, 0.1) is 0 Å². The normalized spacial score (nSPS) is 11.2. The number of hydrogen-bond donors (Lipinski definition) is 0. The average molecular weight is 664 g/mol. The maximum absolute atomic E-state index is 6.05. The van der Waals surface area contributed by atoms with Gasteiger partial charge < -0.3 is 14.7 Å². The second kappa shape index (κ2) is 18.4. The molecule has 0 radical (unpaired) electrons. The van der Waals surface area contributed by atoms with Crippen molar-refractivity contribution in [3.63, 3.8) is 0 Å². The van der Waals surface area contributed by atoms with Gasteiger partial charge in [0.1, 0.15) is 0 Å². The molecule has 40 heavy (non-hydrogen) atoms. The Hall–Kier alpha value is -1.20. The highest BCUT2D eigenvalue weighted by Crippen LogP contribution is 2.35. The summed E-state index contributed by atoms with van der Waals surface area (Å²) in [5.74, 6) is 3.35. The first-order valence-corrected chi connectivity index (χ1v) is 16.7. The van der Waals surface area contributed by atoms with Gasteiger partial charge in [-0.25, -0.2) is 0 Å². The van der Waals surface area contributed by atoms with Crippen LogP contribution in [0.2, 0.25) is 0 Å². The Morgan fingerprint density at radius 2 is 0.550 bits per heavy atom. The zero-order chi connectivity index (χ0) is 28.7. The van der Waals surface area contributed by atoms with E-state index in [1.54, 1.807) is 0 Å². The molecular weight excluding hydrogens is 627 g/mol. The van der Waals surface area contributed by atoms with E-state index in [1.165, 1.54) is 16.7 Å². The van der Waals surface area contributed by atoms with E-state index >= 15 is 0 Å². The Morgan fingerprint density at radius 1 is 0.350 bits per heavy atom. The summed E-state index contributed by atoms with van der Waals surface area (Å²) in [6.07, 6.45) is 0. The molecule has 0 fully saturated rings. The number of anilines is 3. The first-order chi connectivity index (χ1) is 19.6. The van der Waals surface area contributed by atoms with E-state index in [1.807, 2.05) is 0 Å². The Balaban J connectivity index is 2.00. The number of hydrogen-bond acceptors (Lipinski definition) is 3. The highest BCUT2D eigenvalue weighted by Gasteiger charge is 2.19. The van der Waals surface area contributed by atoms with Crippen LogP contribution in [-0.2, 0) is 0 Å². The average Bonchev–Trinajstić information content (AvgIpc) is 2.98. The molecule has 218 valence electrons. The quantitative estimate of drug-likeness (QED) is 0.0996. The molecule has 3 aromatic carbocycles. The highest BCUT2D eigenvalue weighted by molar-refractivity contribution is 6.19. The number of rotatable bonds is 18. The summed E-state index contributed by atoms with van der Waals surface area (Å²) in [4.78, 5) is 6.65. The second-order valence-corrected chi connectivity index (χ2v) is 11.6. The van der Waals surface area contributed by atoms with Gasteiger partial charge in [0.25, 0.3) is 0 Å².